The van der Waals surface area contributed by atoms with Gasteiger partial charge in [-0.05, 0) is 28.1 Å². The molecule has 0 saturated carbocycles. The molecule has 2 nitrogen and oxygen atoms in total. The van der Waals surface area contributed by atoms with Crippen LogP contribution in [0.5, 0.6) is 0 Å². The molecule has 0 fully saturated rings. The van der Waals surface area contributed by atoms with Crippen molar-refractivity contribution in [2.24, 2.45) is 5.73 Å². The Kier molecular flexibility index (Phi) is 5.29. The first-order chi connectivity index (χ1) is 9.41. The van der Waals surface area contributed by atoms with E-state index in [-0.39, 0.29) is 5.41 Å². The van der Waals surface area contributed by atoms with Gasteiger partial charge in [0, 0.05) is 26.2 Å². The number of nitrogens with zero attached hydrogens (tertiary/aromatic N) is 1. The molecule has 2 N–H and O–H groups in total. The molecule has 0 spiro atoms. The van der Waals surface area contributed by atoms with Crippen molar-refractivity contribution in [1.29, 1.82) is 0 Å². The predicted octanol–water partition coefficient (Wildman–Crippen LogP) is 4.95. The summed E-state index contributed by atoms with van der Waals surface area (Å²) in [4.78, 5) is 7.25. The fraction of sp³-hybridized carbons (Fsp3) is 0.400. The molecule has 1 aromatic heterocycles. The van der Waals surface area contributed by atoms with Gasteiger partial charge in [0.15, 0.2) is 0 Å². The van der Waals surface area contributed by atoms with Crippen LogP contribution in [0.1, 0.15) is 36.3 Å². The quantitative estimate of drug-likeness (QED) is 0.773. The Morgan fingerprint density at radius 3 is 2.55 bits per heavy atom. The Hall–Kier alpha value is -0.360. The van der Waals surface area contributed by atoms with Crippen molar-refractivity contribution in [2.75, 3.05) is 0 Å². The van der Waals surface area contributed by atoms with E-state index in [1.807, 2.05) is 6.07 Å². The molecule has 0 bridgehead atoms. The second kappa shape index (κ2) is 6.60. The highest BCUT2D eigenvalue weighted by Gasteiger charge is 2.22. The fourth-order valence-electron chi connectivity index (χ4n) is 1.89. The van der Waals surface area contributed by atoms with Gasteiger partial charge in [0.05, 0.1) is 11.4 Å². The first-order valence-electron chi connectivity index (χ1n) is 6.48. The normalized spacial score (nSPS) is 11.8. The van der Waals surface area contributed by atoms with Gasteiger partial charge < -0.3 is 5.73 Å². The Morgan fingerprint density at radius 2 is 2.00 bits per heavy atom. The Balaban J connectivity index is 2.15. The van der Waals surface area contributed by atoms with Crippen molar-refractivity contribution in [3.8, 4) is 0 Å². The predicted molar refractivity (Wildman–Crippen MR) is 92.4 cm³/mol. The first kappa shape index (κ1) is 16.0. The molecule has 20 heavy (non-hydrogen) atoms. The Bertz CT molecular complexity index is 588. The summed E-state index contributed by atoms with van der Waals surface area (Å²) in [6, 6.07) is 8.27. The van der Waals surface area contributed by atoms with Gasteiger partial charge in [-0.25, -0.2) is 4.98 Å². The molecule has 0 aliphatic rings. The number of aromatic nitrogens is 1. The largest absolute Gasteiger partial charge is 0.326 e. The van der Waals surface area contributed by atoms with Crippen LogP contribution >= 0.6 is 39.0 Å². The zero-order chi connectivity index (χ0) is 14.8. The van der Waals surface area contributed by atoms with Crippen LogP contribution in [0.15, 0.2) is 33.6 Å². The van der Waals surface area contributed by atoms with Crippen LogP contribution < -0.4 is 5.73 Å². The van der Waals surface area contributed by atoms with Crippen molar-refractivity contribution >= 4 is 39.0 Å². The molecule has 2 rings (SSSR count). The summed E-state index contributed by atoms with van der Waals surface area (Å²) >= 11 is 7.12. The van der Waals surface area contributed by atoms with Crippen LogP contribution in [0.25, 0.3) is 0 Å². The zero-order valence-electron chi connectivity index (χ0n) is 11.9. The van der Waals surface area contributed by atoms with Crippen molar-refractivity contribution in [3.05, 3.63) is 44.3 Å². The molecular weight excluding hydrogens is 352 g/mol. The molecule has 1 heterocycles. The smallest absolute Gasteiger partial charge is 0.103 e. The van der Waals surface area contributed by atoms with E-state index in [0.717, 1.165) is 20.9 Å². The summed E-state index contributed by atoms with van der Waals surface area (Å²) in [5.74, 6) is 0.885. The first-order valence-corrected chi connectivity index (χ1v) is 9.08. The third kappa shape index (κ3) is 3.85. The van der Waals surface area contributed by atoms with Gasteiger partial charge >= 0.3 is 0 Å². The number of thiazole rings is 1. The van der Waals surface area contributed by atoms with E-state index in [1.54, 1.807) is 23.1 Å². The number of hydrogen-bond acceptors (Lipinski definition) is 4. The number of halogens is 1. The van der Waals surface area contributed by atoms with Crippen molar-refractivity contribution in [3.63, 3.8) is 0 Å². The number of rotatable bonds is 4. The molecule has 0 unspecified atom stereocenters. The van der Waals surface area contributed by atoms with Crippen LogP contribution in [-0.4, -0.2) is 4.98 Å². The minimum atomic E-state index is 0.0570. The van der Waals surface area contributed by atoms with Crippen LogP contribution in [0, 0.1) is 0 Å². The van der Waals surface area contributed by atoms with Gasteiger partial charge in [-0.2, -0.15) is 0 Å². The van der Waals surface area contributed by atoms with Crippen LogP contribution in [0.3, 0.4) is 0 Å². The summed E-state index contributed by atoms with van der Waals surface area (Å²) < 4.78 is 1.14. The lowest BCUT2D eigenvalue weighted by Gasteiger charge is -2.16. The third-order valence-electron chi connectivity index (χ3n) is 2.83. The molecule has 108 valence electrons. The highest BCUT2D eigenvalue weighted by atomic mass is 79.9. The lowest BCUT2D eigenvalue weighted by atomic mass is 9.91. The molecule has 0 aliphatic heterocycles. The summed E-state index contributed by atoms with van der Waals surface area (Å²) in [7, 11) is 0. The van der Waals surface area contributed by atoms with Gasteiger partial charge in [0.1, 0.15) is 5.01 Å². The summed E-state index contributed by atoms with van der Waals surface area (Å²) in [6.45, 7) is 7.13. The molecule has 5 heteroatoms. The molecule has 2 aromatic rings. The van der Waals surface area contributed by atoms with E-state index in [2.05, 4.69) is 54.9 Å². The van der Waals surface area contributed by atoms with Gasteiger partial charge in [-0.3, -0.25) is 0 Å². The van der Waals surface area contributed by atoms with E-state index < -0.39 is 0 Å². The van der Waals surface area contributed by atoms with Gasteiger partial charge in [0.25, 0.3) is 0 Å². The lowest BCUT2D eigenvalue weighted by molar-refractivity contribution is 0.565. The van der Waals surface area contributed by atoms with Gasteiger partial charge in [0.2, 0.25) is 0 Å². The Morgan fingerprint density at radius 1 is 1.30 bits per heavy atom. The number of thioether (sulfide) groups is 1. The van der Waals surface area contributed by atoms with E-state index in [4.69, 9.17) is 10.7 Å². The summed E-state index contributed by atoms with van der Waals surface area (Å²) in [5.41, 5.74) is 7.05. The van der Waals surface area contributed by atoms with Crippen molar-refractivity contribution in [1.82, 2.24) is 4.98 Å². The maximum Gasteiger partial charge on any atom is 0.103 e. The number of nitrogens with two attached hydrogens (primary N) is 1. The standard InChI is InChI=1S/C15H19BrN2S2/c1-15(2,3)14-12(8-17)20-13(18-14)9-19-11-7-5-4-6-10(11)16/h4-7H,8-9,17H2,1-3H3. The van der Waals surface area contributed by atoms with E-state index in [9.17, 15) is 0 Å². The second-order valence-corrected chi connectivity index (χ2v) is 8.59. The minimum Gasteiger partial charge on any atom is -0.326 e. The zero-order valence-corrected chi connectivity index (χ0v) is 15.2. The minimum absolute atomic E-state index is 0.0570. The van der Waals surface area contributed by atoms with Crippen LogP contribution in [0.2, 0.25) is 0 Å². The molecule has 0 radical (unpaired) electrons. The topological polar surface area (TPSA) is 38.9 Å². The fourth-order valence-corrected chi connectivity index (χ4v) is 4.61. The van der Waals surface area contributed by atoms with Crippen molar-refractivity contribution < 1.29 is 0 Å². The molecule has 0 atom stereocenters. The molecular formula is C15H19BrN2S2. The number of benzene rings is 1. The van der Waals surface area contributed by atoms with E-state index in [0.29, 0.717) is 6.54 Å². The number of hydrogen-bond donors (Lipinski definition) is 1. The third-order valence-corrected chi connectivity index (χ3v) is 6.12. The van der Waals surface area contributed by atoms with Crippen LogP contribution in [0.4, 0.5) is 0 Å². The molecule has 0 amide bonds. The van der Waals surface area contributed by atoms with Crippen molar-refractivity contribution in [2.45, 2.75) is 43.4 Å². The second-order valence-electron chi connectivity index (χ2n) is 5.55. The summed E-state index contributed by atoms with van der Waals surface area (Å²) in [6.07, 6.45) is 0. The maximum atomic E-state index is 5.85. The van der Waals surface area contributed by atoms with Gasteiger partial charge in [-0.15, -0.1) is 23.1 Å². The SMILES string of the molecule is CC(C)(C)c1nc(CSc2ccccc2Br)sc1CN. The average Bonchev–Trinajstić information content (AvgIpc) is 2.81. The average molecular weight is 371 g/mol. The van der Waals surface area contributed by atoms with Crippen LogP contribution in [-0.2, 0) is 17.7 Å². The molecule has 0 aliphatic carbocycles. The van der Waals surface area contributed by atoms with E-state index in [1.165, 1.54) is 9.77 Å². The lowest BCUT2D eigenvalue weighted by Crippen LogP contribution is -2.15. The Labute approximate surface area is 137 Å². The monoisotopic (exact) mass is 370 g/mol. The highest BCUT2D eigenvalue weighted by Crippen LogP contribution is 2.34. The van der Waals surface area contributed by atoms with Gasteiger partial charge in [-0.1, -0.05) is 32.9 Å². The molecule has 1 aromatic carbocycles. The van der Waals surface area contributed by atoms with E-state index >= 15 is 0 Å². The molecule has 0 saturated heterocycles. The maximum absolute atomic E-state index is 5.85. The summed E-state index contributed by atoms with van der Waals surface area (Å²) in [5, 5.41) is 1.15. The highest BCUT2D eigenvalue weighted by molar-refractivity contribution is 9.10.